The Morgan fingerprint density at radius 3 is 2.54 bits per heavy atom. The van der Waals surface area contributed by atoms with Crippen LogP contribution in [0.1, 0.15) is 37.7 Å². The van der Waals surface area contributed by atoms with Gasteiger partial charge in [-0.2, -0.15) is 0 Å². The monoisotopic (exact) mass is 385 g/mol. The highest BCUT2D eigenvalue weighted by Gasteiger charge is 2.58. The standard InChI is InChI=1S/C21H31N5O2/c22-16-3-4-18(23)15(11-16)14-25-7-9-26(10-8-25)19(27)13-24-20(28)17-12-21(17)5-1-2-6-21/h3-4,11,17H,1-2,5-10,12-14,22-23H2,(H,24,28). The summed E-state index contributed by atoms with van der Waals surface area (Å²) < 4.78 is 0. The highest BCUT2D eigenvalue weighted by molar-refractivity contribution is 5.88. The maximum Gasteiger partial charge on any atom is 0.242 e. The Morgan fingerprint density at radius 2 is 1.82 bits per heavy atom. The molecule has 2 amide bonds. The molecule has 3 aliphatic rings. The van der Waals surface area contributed by atoms with E-state index < -0.39 is 0 Å². The normalized spacial score (nSPS) is 23.7. The van der Waals surface area contributed by atoms with Gasteiger partial charge in [0, 0.05) is 50.0 Å². The quantitative estimate of drug-likeness (QED) is 0.661. The Kier molecular flexibility index (Phi) is 5.19. The molecule has 1 heterocycles. The van der Waals surface area contributed by atoms with Gasteiger partial charge >= 0.3 is 0 Å². The third kappa shape index (κ3) is 3.94. The molecule has 4 rings (SSSR count). The van der Waals surface area contributed by atoms with Crippen LogP contribution in [-0.4, -0.2) is 54.3 Å². The van der Waals surface area contributed by atoms with Crippen LogP contribution in [0.2, 0.25) is 0 Å². The van der Waals surface area contributed by atoms with E-state index in [4.69, 9.17) is 11.5 Å². The average molecular weight is 386 g/mol. The summed E-state index contributed by atoms with van der Waals surface area (Å²) in [6.07, 6.45) is 5.86. The highest BCUT2D eigenvalue weighted by atomic mass is 16.2. The molecule has 152 valence electrons. The Hall–Kier alpha value is -2.28. The number of nitrogens with one attached hydrogen (secondary N) is 1. The van der Waals surface area contributed by atoms with Crippen LogP contribution >= 0.6 is 0 Å². The number of nitrogens with two attached hydrogens (primary N) is 2. The van der Waals surface area contributed by atoms with Gasteiger partial charge in [0.2, 0.25) is 11.8 Å². The molecule has 28 heavy (non-hydrogen) atoms. The number of hydrogen-bond donors (Lipinski definition) is 3. The van der Waals surface area contributed by atoms with Gasteiger partial charge in [-0.1, -0.05) is 12.8 Å². The van der Waals surface area contributed by atoms with Crippen molar-refractivity contribution in [3.8, 4) is 0 Å². The summed E-state index contributed by atoms with van der Waals surface area (Å²) in [5.74, 6) is 0.229. The van der Waals surface area contributed by atoms with Crippen LogP contribution in [0.25, 0.3) is 0 Å². The number of anilines is 2. The van der Waals surface area contributed by atoms with Crippen LogP contribution in [0.3, 0.4) is 0 Å². The third-order valence-electron chi connectivity index (χ3n) is 6.81. The van der Waals surface area contributed by atoms with Crippen LogP contribution in [0, 0.1) is 11.3 Å². The van der Waals surface area contributed by atoms with Crippen LogP contribution in [-0.2, 0) is 16.1 Å². The minimum Gasteiger partial charge on any atom is -0.399 e. The molecule has 2 aliphatic carbocycles. The first-order chi connectivity index (χ1) is 13.5. The minimum atomic E-state index is 0.0117. The number of nitrogens with zero attached hydrogens (tertiary/aromatic N) is 2. The molecule has 1 aromatic rings. The Morgan fingerprint density at radius 1 is 1.11 bits per heavy atom. The van der Waals surface area contributed by atoms with Crippen LogP contribution < -0.4 is 16.8 Å². The second-order valence-electron chi connectivity index (χ2n) is 8.66. The number of piperazine rings is 1. The van der Waals surface area contributed by atoms with E-state index in [2.05, 4.69) is 10.2 Å². The third-order valence-corrected chi connectivity index (χ3v) is 6.81. The fourth-order valence-electron chi connectivity index (χ4n) is 4.91. The summed E-state index contributed by atoms with van der Waals surface area (Å²) in [7, 11) is 0. The molecule has 3 fully saturated rings. The molecule has 7 nitrogen and oxygen atoms in total. The molecule has 7 heteroatoms. The van der Waals surface area contributed by atoms with E-state index in [1.54, 1.807) is 6.07 Å². The van der Waals surface area contributed by atoms with E-state index in [0.29, 0.717) is 18.8 Å². The number of carbonyl (C=O) groups is 2. The van der Waals surface area contributed by atoms with E-state index in [1.165, 1.54) is 25.7 Å². The van der Waals surface area contributed by atoms with Crippen molar-refractivity contribution >= 4 is 23.2 Å². The van der Waals surface area contributed by atoms with Gasteiger partial charge in [0.1, 0.15) is 0 Å². The summed E-state index contributed by atoms with van der Waals surface area (Å²) in [5.41, 5.74) is 14.7. The molecular weight excluding hydrogens is 354 g/mol. The summed E-state index contributed by atoms with van der Waals surface area (Å²) in [4.78, 5) is 29.0. The average Bonchev–Trinajstić information content (AvgIpc) is 3.19. The molecular formula is C21H31N5O2. The van der Waals surface area contributed by atoms with E-state index >= 15 is 0 Å². The maximum atomic E-state index is 12.5. The second-order valence-corrected chi connectivity index (χ2v) is 8.66. The summed E-state index contributed by atoms with van der Waals surface area (Å²) in [6.45, 7) is 3.78. The van der Waals surface area contributed by atoms with Crippen molar-refractivity contribution in [1.82, 2.24) is 15.1 Å². The van der Waals surface area contributed by atoms with Crippen molar-refractivity contribution in [3.63, 3.8) is 0 Å². The minimum absolute atomic E-state index is 0.0117. The Labute approximate surface area is 166 Å². The molecule has 0 bridgehead atoms. The smallest absolute Gasteiger partial charge is 0.242 e. The van der Waals surface area contributed by atoms with Crippen LogP contribution in [0.15, 0.2) is 18.2 Å². The largest absolute Gasteiger partial charge is 0.399 e. The Balaban J connectivity index is 1.20. The fourth-order valence-corrected chi connectivity index (χ4v) is 4.91. The van der Waals surface area contributed by atoms with Gasteiger partial charge in [0.25, 0.3) is 0 Å². The van der Waals surface area contributed by atoms with Crippen molar-refractivity contribution in [1.29, 1.82) is 0 Å². The van der Waals surface area contributed by atoms with Gasteiger partial charge in [-0.15, -0.1) is 0 Å². The van der Waals surface area contributed by atoms with E-state index in [-0.39, 0.29) is 29.7 Å². The number of hydrogen-bond acceptors (Lipinski definition) is 5. The predicted octanol–water partition coefficient (Wildman–Crippen LogP) is 1.19. The second kappa shape index (κ2) is 7.62. The fraction of sp³-hybridized carbons (Fsp3) is 0.619. The van der Waals surface area contributed by atoms with Crippen LogP contribution in [0.5, 0.6) is 0 Å². The van der Waals surface area contributed by atoms with Gasteiger partial charge in [-0.25, -0.2) is 0 Å². The molecule has 1 unspecified atom stereocenters. The lowest BCUT2D eigenvalue weighted by Gasteiger charge is -2.35. The molecule has 0 radical (unpaired) electrons. The number of amides is 2. The molecule has 1 aromatic carbocycles. The van der Waals surface area contributed by atoms with Gasteiger partial charge in [-0.3, -0.25) is 14.5 Å². The summed E-state index contributed by atoms with van der Waals surface area (Å²) in [6, 6.07) is 5.56. The Bertz CT molecular complexity index is 751. The molecule has 1 atom stereocenters. The van der Waals surface area contributed by atoms with E-state index in [1.807, 2.05) is 17.0 Å². The lowest BCUT2D eigenvalue weighted by atomic mass is 10.0. The summed E-state index contributed by atoms with van der Waals surface area (Å²) in [5, 5.41) is 2.88. The van der Waals surface area contributed by atoms with Crippen molar-refractivity contribution in [3.05, 3.63) is 23.8 Å². The lowest BCUT2D eigenvalue weighted by Crippen LogP contribution is -2.51. The van der Waals surface area contributed by atoms with Crippen molar-refractivity contribution in [2.24, 2.45) is 11.3 Å². The van der Waals surface area contributed by atoms with Gasteiger partial charge in [0.15, 0.2) is 0 Å². The maximum absolute atomic E-state index is 12.5. The zero-order chi connectivity index (χ0) is 19.7. The molecule has 1 saturated heterocycles. The zero-order valence-corrected chi connectivity index (χ0v) is 16.5. The number of carbonyl (C=O) groups excluding carboxylic acids is 2. The van der Waals surface area contributed by atoms with Gasteiger partial charge < -0.3 is 21.7 Å². The lowest BCUT2D eigenvalue weighted by molar-refractivity contribution is -0.134. The first-order valence-electron chi connectivity index (χ1n) is 10.4. The molecule has 1 aliphatic heterocycles. The van der Waals surface area contributed by atoms with Crippen molar-refractivity contribution in [2.45, 2.75) is 38.6 Å². The first kappa shape index (κ1) is 19.1. The van der Waals surface area contributed by atoms with Gasteiger partial charge in [-0.05, 0) is 48.4 Å². The highest BCUT2D eigenvalue weighted by Crippen LogP contribution is 2.62. The first-order valence-corrected chi connectivity index (χ1v) is 10.4. The molecule has 2 saturated carbocycles. The van der Waals surface area contributed by atoms with Crippen molar-refractivity contribution in [2.75, 3.05) is 44.2 Å². The zero-order valence-electron chi connectivity index (χ0n) is 16.5. The number of nitrogen functional groups attached to an aromatic ring is 2. The van der Waals surface area contributed by atoms with E-state index in [9.17, 15) is 9.59 Å². The van der Waals surface area contributed by atoms with Gasteiger partial charge in [0.05, 0.1) is 6.54 Å². The molecule has 0 aromatic heterocycles. The predicted molar refractivity (Wildman–Crippen MR) is 109 cm³/mol. The number of rotatable bonds is 5. The van der Waals surface area contributed by atoms with E-state index in [0.717, 1.165) is 37.3 Å². The summed E-state index contributed by atoms with van der Waals surface area (Å²) >= 11 is 0. The van der Waals surface area contributed by atoms with Crippen LogP contribution in [0.4, 0.5) is 11.4 Å². The molecule has 5 N–H and O–H groups in total. The SMILES string of the molecule is Nc1ccc(N)c(CN2CCN(C(=O)CNC(=O)C3CC34CCCC4)CC2)c1. The molecule has 1 spiro atoms. The number of benzene rings is 1. The van der Waals surface area contributed by atoms with Crippen molar-refractivity contribution < 1.29 is 9.59 Å². The topological polar surface area (TPSA) is 105 Å².